The van der Waals surface area contributed by atoms with Crippen LogP contribution in [0.5, 0.6) is 11.5 Å². The number of nitrogens with zero attached hydrogens (tertiary/aromatic N) is 1. The molecule has 0 fully saturated rings. The molecule has 0 bridgehead atoms. The van der Waals surface area contributed by atoms with E-state index in [1.54, 1.807) is 29.2 Å². The van der Waals surface area contributed by atoms with Crippen LogP contribution < -0.4 is 15.1 Å². The van der Waals surface area contributed by atoms with Crippen LogP contribution in [0, 0.1) is 6.92 Å². The van der Waals surface area contributed by atoms with Gasteiger partial charge in [0.05, 0.1) is 17.0 Å². The zero-order valence-electron chi connectivity index (χ0n) is 19.6. The Balaban J connectivity index is 1.57. The van der Waals surface area contributed by atoms with Gasteiger partial charge in [0.25, 0.3) is 5.91 Å². The molecular weight excluding hydrogens is 509 g/mol. The number of amides is 1. The highest BCUT2D eigenvalue weighted by molar-refractivity contribution is 6.32. The van der Waals surface area contributed by atoms with Gasteiger partial charge in [0, 0.05) is 15.7 Å². The molecule has 1 aliphatic heterocycles. The topological polar surface area (TPSA) is 59.8 Å². The van der Waals surface area contributed by atoms with Crippen LogP contribution in [0.15, 0.2) is 100 Å². The summed E-state index contributed by atoms with van der Waals surface area (Å²) in [7, 11) is 0. The van der Waals surface area contributed by atoms with Crippen LogP contribution in [0.4, 0.5) is 5.69 Å². The molecule has 6 rings (SSSR count). The average Bonchev–Trinajstić information content (AvgIpc) is 3.19. The summed E-state index contributed by atoms with van der Waals surface area (Å²) in [5, 5.41) is 1.22. The molecule has 4 aromatic carbocycles. The van der Waals surface area contributed by atoms with Gasteiger partial charge in [-0.25, -0.2) is 0 Å². The number of para-hydroxylation sites is 1. The summed E-state index contributed by atoms with van der Waals surface area (Å²) in [6.45, 7) is 1.89. The number of carbonyl (C=O) groups excluding carboxylic acids is 1. The lowest BCUT2D eigenvalue weighted by Gasteiger charge is -2.26. The third kappa shape index (κ3) is 4.06. The fourth-order valence-corrected chi connectivity index (χ4v) is 4.98. The molecule has 1 atom stereocenters. The predicted octanol–water partition coefficient (Wildman–Crippen LogP) is 7.95. The van der Waals surface area contributed by atoms with Crippen LogP contribution in [0.25, 0.3) is 11.0 Å². The maximum atomic E-state index is 13.8. The Morgan fingerprint density at radius 2 is 1.62 bits per heavy atom. The van der Waals surface area contributed by atoms with Gasteiger partial charge in [0.2, 0.25) is 5.76 Å². The van der Waals surface area contributed by atoms with Crippen LogP contribution in [-0.4, -0.2) is 5.91 Å². The number of anilines is 1. The molecule has 0 N–H and O–H groups in total. The molecule has 0 saturated heterocycles. The first-order chi connectivity index (χ1) is 17.9. The molecule has 182 valence electrons. The number of ether oxygens (including phenoxy) is 1. The molecule has 5 aromatic rings. The minimum atomic E-state index is -0.764. The molecule has 1 amide bonds. The van der Waals surface area contributed by atoms with Gasteiger partial charge in [-0.2, -0.15) is 0 Å². The summed E-state index contributed by atoms with van der Waals surface area (Å²) < 4.78 is 12.1. The molecule has 1 unspecified atom stereocenters. The summed E-state index contributed by atoms with van der Waals surface area (Å²) >= 11 is 12.6. The second-order valence-electron chi connectivity index (χ2n) is 8.81. The lowest BCUT2D eigenvalue weighted by atomic mass is 9.98. The van der Waals surface area contributed by atoms with Crippen LogP contribution in [0.3, 0.4) is 0 Å². The zero-order chi connectivity index (χ0) is 25.7. The van der Waals surface area contributed by atoms with Crippen molar-refractivity contribution in [2.75, 3.05) is 4.90 Å². The van der Waals surface area contributed by atoms with Gasteiger partial charge in [-0.15, -0.1) is 0 Å². The highest BCUT2D eigenvalue weighted by Crippen LogP contribution is 2.43. The van der Waals surface area contributed by atoms with E-state index >= 15 is 0 Å². The van der Waals surface area contributed by atoms with Crippen molar-refractivity contribution < 1.29 is 13.9 Å². The van der Waals surface area contributed by atoms with E-state index in [1.165, 1.54) is 0 Å². The predicted molar refractivity (Wildman–Crippen MR) is 145 cm³/mol. The second-order valence-corrected chi connectivity index (χ2v) is 9.66. The molecule has 37 heavy (non-hydrogen) atoms. The van der Waals surface area contributed by atoms with Gasteiger partial charge >= 0.3 is 0 Å². The van der Waals surface area contributed by atoms with Crippen molar-refractivity contribution in [3.05, 3.63) is 134 Å². The van der Waals surface area contributed by atoms with E-state index in [1.807, 2.05) is 73.7 Å². The molecular formula is C30H19Cl2NO4. The number of fused-ring (bicyclic) bond motifs is 2. The van der Waals surface area contributed by atoms with Gasteiger partial charge in [-0.1, -0.05) is 59.6 Å². The third-order valence-corrected chi connectivity index (χ3v) is 7.06. The lowest BCUT2D eigenvalue weighted by molar-refractivity contribution is 0.0971. The minimum absolute atomic E-state index is 0.00380. The van der Waals surface area contributed by atoms with E-state index in [4.69, 9.17) is 32.4 Å². The van der Waals surface area contributed by atoms with E-state index in [2.05, 4.69) is 0 Å². The fraction of sp³-hybridized carbons (Fsp3) is 0.0667. The lowest BCUT2D eigenvalue weighted by Crippen LogP contribution is -2.29. The summed E-state index contributed by atoms with van der Waals surface area (Å²) in [6.07, 6.45) is 0. The van der Waals surface area contributed by atoms with Crippen LogP contribution in [0.2, 0.25) is 10.0 Å². The second kappa shape index (κ2) is 9.11. The largest absolute Gasteiger partial charge is 0.457 e. The summed E-state index contributed by atoms with van der Waals surface area (Å²) in [4.78, 5) is 29.2. The number of hydrogen-bond acceptors (Lipinski definition) is 4. The van der Waals surface area contributed by atoms with Gasteiger partial charge in [-0.05, 0) is 72.6 Å². The average molecular weight is 528 g/mol. The number of hydrogen-bond donors (Lipinski definition) is 0. The first kappa shape index (κ1) is 23.3. The Labute approximate surface area is 222 Å². The van der Waals surface area contributed by atoms with Crippen molar-refractivity contribution >= 4 is 45.8 Å². The van der Waals surface area contributed by atoms with Crippen molar-refractivity contribution in [2.45, 2.75) is 13.0 Å². The number of rotatable bonds is 4. The number of carbonyl (C=O) groups is 1. The maximum absolute atomic E-state index is 13.8. The quantitative estimate of drug-likeness (QED) is 0.238. The standard InChI is InChI=1S/C30H19Cl2NO4/c1-17-10-12-20(16-24(17)32)33-27(18-6-5-9-22(14-18)36-21-7-3-2-4-8-21)26-28(34)23-15-19(31)11-13-25(23)37-29(26)30(33)35/h2-16,27H,1H3. The van der Waals surface area contributed by atoms with Crippen LogP contribution in [-0.2, 0) is 0 Å². The smallest absolute Gasteiger partial charge is 0.295 e. The van der Waals surface area contributed by atoms with E-state index in [0.29, 0.717) is 43.8 Å². The normalized spacial score (nSPS) is 14.7. The SMILES string of the molecule is Cc1ccc(N2C(=O)c3oc4ccc(Cl)cc4c(=O)c3C2c2cccc(Oc3ccccc3)c2)cc1Cl. The molecule has 0 saturated carbocycles. The first-order valence-electron chi connectivity index (χ1n) is 11.6. The van der Waals surface area contributed by atoms with Crippen molar-refractivity contribution in [1.29, 1.82) is 0 Å². The third-order valence-electron chi connectivity index (χ3n) is 6.42. The fourth-order valence-electron chi connectivity index (χ4n) is 4.63. The molecule has 0 radical (unpaired) electrons. The molecule has 2 heterocycles. The van der Waals surface area contributed by atoms with Gasteiger partial charge in [-0.3, -0.25) is 14.5 Å². The Kier molecular flexibility index (Phi) is 5.75. The number of aryl methyl sites for hydroxylation is 1. The van der Waals surface area contributed by atoms with Crippen molar-refractivity contribution in [2.24, 2.45) is 0 Å². The summed E-state index contributed by atoms with van der Waals surface area (Å²) in [5.74, 6) is 0.809. The van der Waals surface area contributed by atoms with Gasteiger partial charge < -0.3 is 9.15 Å². The minimum Gasteiger partial charge on any atom is -0.457 e. The molecule has 1 aliphatic rings. The summed E-state index contributed by atoms with van der Waals surface area (Å²) in [5.41, 5.74) is 2.34. The maximum Gasteiger partial charge on any atom is 0.295 e. The Hall–Kier alpha value is -4.06. The number of halogens is 2. The molecule has 7 heteroatoms. The first-order valence-corrected chi connectivity index (χ1v) is 12.3. The molecule has 0 aliphatic carbocycles. The van der Waals surface area contributed by atoms with E-state index in [0.717, 1.165) is 5.56 Å². The van der Waals surface area contributed by atoms with E-state index in [-0.39, 0.29) is 16.8 Å². The highest BCUT2D eigenvalue weighted by atomic mass is 35.5. The van der Waals surface area contributed by atoms with Crippen molar-refractivity contribution in [3.63, 3.8) is 0 Å². The van der Waals surface area contributed by atoms with Crippen LogP contribution in [0.1, 0.15) is 33.3 Å². The van der Waals surface area contributed by atoms with Gasteiger partial charge in [0.1, 0.15) is 17.1 Å². The Morgan fingerprint density at radius 3 is 2.41 bits per heavy atom. The molecule has 1 aromatic heterocycles. The van der Waals surface area contributed by atoms with Gasteiger partial charge in [0.15, 0.2) is 5.43 Å². The number of benzene rings is 4. The van der Waals surface area contributed by atoms with Crippen molar-refractivity contribution in [1.82, 2.24) is 0 Å². The molecule has 5 nitrogen and oxygen atoms in total. The Bertz CT molecular complexity index is 1750. The molecule has 0 spiro atoms. The summed E-state index contributed by atoms with van der Waals surface area (Å²) in [6, 6.07) is 26.1. The zero-order valence-corrected chi connectivity index (χ0v) is 21.1. The Morgan fingerprint density at radius 1 is 0.838 bits per heavy atom. The monoisotopic (exact) mass is 527 g/mol. The van der Waals surface area contributed by atoms with E-state index < -0.39 is 11.9 Å². The van der Waals surface area contributed by atoms with Crippen molar-refractivity contribution in [3.8, 4) is 11.5 Å². The highest BCUT2D eigenvalue weighted by Gasteiger charge is 2.44. The van der Waals surface area contributed by atoms with E-state index in [9.17, 15) is 9.59 Å². The van der Waals surface area contributed by atoms with Crippen LogP contribution >= 0.6 is 23.2 Å².